The third-order valence-electron chi connectivity index (χ3n) is 4.80. The molecule has 0 bridgehead atoms. The summed E-state index contributed by atoms with van der Waals surface area (Å²) in [5.41, 5.74) is 3.57. The van der Waals surface area contributed by atoms with Crippen molar-refractivity contribution >= 4 is 5.91 Å². The average molecular weight is 352 g/mol. The molecule has 1 aliphatic rings. The summed E-state index contributed by atoms with van der Waals surface area (Å²) in [7, 11) is 6.03. The van der Waals surface area contributed by atoms with Crippen LogP contribution in [0.5, 0.6) is 5.75 Å². The van der Waals surface area contributed by atoms with Gasteiger partial charge in [0.25, 0.3) is 0 Å². The molecule has 0 radical (unpaired) electrons. The third kappa shape index (κ3) is 4.64. The van der Waals surface area contributed by atoms with Crippen molar-refractivity contribution in [2.24, 2.45) is 5.92 Å². The molecule has 1 amide bonds. The molecule has 138 valence electrons. The topological polar surface area (TPSA) is 32.8 Å². The van der Waals surface area contributed by atoms with E-state index in [9.17, 15) is 4.79 Å². The number of benzene rings is 2. The smallest absolute Gasteiger partial charge is 0.226 e. The standard InChI is InChI=1S/C22H28N2O2/c1-23(2)15-17-7-6-8-18(13-17)16-24(3)22(25)20-11-12-26-21-10-5-4-9-19(21)14-20/h4-10,13,20H,11-12,14-16H2,1-3H3/t20-/m0/s1. The Morgan fingerprint density at radius 1 is 1.04 bits per heavy atom. The van der Waals surface area contributed by atoms with Gasteiger partial charge in [-0.15, -0.1) is 0 Å². The number of para-hydroxylation sites is 1. The molecular formula is C22H28N2O2. The van der Waals surface area contributed by atoms with Crippen LogP contribution in [0.3, 0.4) is 0 Å². The third-order valence-corrected chi connectivity index (χ3v) is 4.80. The fraction of sp³-hybridized carbons (Fsp3) is 0.409. The van der Waals surface area contributed by atoms with E-state index in [0.717, 1.165) is 30.7 Å². The quantitative estimate of drug-likeness (QED) is 0.827. The van der Waals surface area contributed by atoms with E-state index in [1.165, 1.54) is 11.1 Å². The summed E-state index contributed by atoms with van der Waals surface area (Å²) >= 11 is 0. The van der Waals surface area contributed by atoms with Gasteiger partial charge in [-0.05, 0) is 49.7 Å². The maximum absolute atomic E-state index is 13.0. The number of carbonyl (C=O) groups excluding carboxylic acids is 1. The van der Waals surface area contributed by atoms with Gasteiger partial charge in [0.2, 0.25) is 5.91 Å². The monoisotopic (exact) mass is 352 g/mol. The minimum absolute atomic E-state index is 0.0198. The van der Waals surface area contributed by atoms with Gasteiger partial charge in [-0.3, -0.25) is 4.79 Å². The van der Waals surface area contributed by atoms with E-state index >= 15 is 0 Å². The van der Waals surface area contributed by atoms with Crippen LogP contribution in [-0.4, -0.2) is 43.5 Å². The first-order valence-corrected chi connectivity index (χ1v) is 9.21. The molecule has 0 aromatic heterocycles. The number of fused-ring (bicyclic) bond motifs is 1. The Morgan fingerprint density at radius 2 is 1.77 bits per heavy atom. The second-order valence-corrected chi connectivity index (χ2v) is 7.40. The molecule has 2 aromatic carbocycles. The molecule has 1 aliphatic heterocycles. The number of hydrogen-bond acceptors (Lipinski definition) is 3. The fourth-order valence-corrected chi connectivity index (χ4v) is 3.56. The lowest BCUT2D eigenvalue weighted by atomic mass is 9.95. The highest BCUT2D eigenvalue weighted by Crippen LogP contribution is 2.27. The van der Waals surface area contributed by atoms with Crippen molar-refractivity contribution in [3.63, 3.8) is 0 Å². The molecule has 0 saturated heterocycles. The molecule has 4 nitrogen and oxygen atoms in total. The second kappa shape index (κ2) is 8.37. The Labute approximate surface area is 156 Å². The zero-order valence-corrected chi connectivity index (χ0v) is 15.9. The van der Waals surface area contributed by atoms with Gasteiger partial charge in [-0.1, -0.05) is 42.5 Å². The molecule has 0 aliphatic carbocycles. The van der Waals surface area contributed by atoms with Crippen LogP contribution in [0.2, 0.25) is 0 Å². The van der Waals surface area contributed by atoms with E-state index in [-0.39, 0.29) is 11.8 Å². The number of ether oxygens (including phenoxy) is 1. The Kier molecular flexibility index (Phi) is 5.94. The Bertz CT molecular complexity index is 757. The van der Waals surface area contributed by atoms with Crippen molar-refractivity contribution in [1.82, 2.24) is 9.80 Å². The first-order chi connectivity index (χ1) is 12.5. The molecule has 0 spiro atoms. The highest BCUT2D eigenvalue weighted by molar-refractivity contribution is 5.79. The molecule has 0 fully saturated rings. The van der Waals surface area contributed by atoms with Crippen LogP contribution in [0.4, 0.5) is 0 Å². The summed E-state index contributed by atoms with van der Waals surface area (Å²) in [4.78, 5) is 17.0. The molecule has 4 heteroatoms. The Hall–Kier alpha value is -2.33. The summed E-state index contributed by atoms with van der Waals surface area (Å²) in [6.07, 6.45) is 1.51. The predicted octanol–water partition coefficient (Wildman–Crippen LogP) is 3.35. The van der Waals surface area contributed by atoms with Crippen molar-refractivity contribution in [1.29, 1.82) is 0 Å². The maximum Gasteiger partial charge on any atom is 0.226 e. The lowest BCUT2D eigenvalue weighted by Crippen LogP contribution is -2.33. The number of amides is 1. The zero-order chi connectivity index (χ0) is 18.5. The second-order valence-electron chi connectivity index (χ2n) is 7.40. The molecule has 0 unspecified atom stereocenters. The molecule has 0 saturated carbocycles. The van der Waals surface area contributed by atoms with Gasteiger partial charge in [0, 0.05) is 26.1 Å². The molecule has 3 rings (SSSR count). The van der Waals surface area contributed by atoms with Crippen LogP contribution in [0.25, 0.3) is 0 Å². The van der Waals surface area contributed by atoms with Crippen LogP contribution < -0.4 is 4.74 Å². The highest BCUT2D eigenvalue weighted by atomic mass is 16.5. The van der Waals surface area contributed by atoms with Crippen molar-refractivity contribution in [2.75, 3.05) is 27.7 Å². The molecule has 1 atom stereocenters. The minimum Gasteiger partial charge on any atom is -0.493 e. The highest BCUT2D eigenvalue weighted by Gasteiger charge is 2.26. The summed E-state index contributed by atoms with van der Waals surface area (Å²) in [6, 6.07) is 16.5. The van der Waals surface area contributed by atoms with E-state index in [1.807, 2.05) is 30.1 Å². The normalized spacial score (nSPS) is 16.5. The SMILES string of the molecule is CN(C)Cc1cccc(CN(C)C(=O)[C@H]2CCOc3ccccc3C2)c1. The number of hydrogen-bond donors (Lipinski definition) is 0. The van der Waals surface area contributed by atoms with Crippen LogP contribution >= 0.6 is 0 Å². The van der Waals surface area contributed by atoms with Crippen LogP contribution in [0.1, 0.15) is 23.1 Å². The lowest BCUT2D eigenvalue weighted by Gasteiger charge is -2.23. The molecule has 0 N–H and O–H groups in total. The Morgan fingerprint density at radius 3 is 2.54 bits per heavy atom. The van der Waals surface area contributed by atoms with Gasteiger partial charge in [-0.25, -0.2) is 0 Å². The molecule has 2 aromatic rings. The van der Waals surface area contributed by atoms with Crippen molar-refractivity contribution in [3.8, 4) is 5.75 Å². The van der Waals surface area contributed by atoms with Gasteiger partial charge in [0.1, 0.15) is 5.75 Å². The van der Waals surface area contributed by atoms with Gasteiger partial charge >= 0.3 is 0 Å². The summed E-state index contributed by atoms with van der Waals surface area (Å²) in [5.74, 6) is 1.10. The molecule has 26 heavy (non-hydrogen) atoms. The molecular weight excluding hydrogens is 324 g/mol. The fourth-order valence-electron chi connectivity index (χ4n) is 3.56. The summed E-state index contributed by atoms with van der Waals surface area (Å²) < 4.78 is 5.80. The van der Waals surface area contributed by atoms with Crippen LogP contribution in [-0.2, 0) is 24.3 Å². The van der Waals surface area contributed by atoms with Crippen molar-refractivity contribution in [3.05, 3.63) is 65.2 Å². The number of carbonyl (C=O) groups is 1. The maximum atomic E-state index is 13.0. The van der Waals surface area contributed by atoms with E-state index in [2.05, 4.69) is 49.3 Å². The predicted molar refractivity (Wildman–Crippen MR) is 104 cm³/mol. The largest absolute Gasteiger partial charge is 0.493 e. The van der Waals surface area contributed by atoms with E-state index < -0.39 is 0 Å². The summed E-state index contributed by atoms with van der Waals surface area (Å²) in [5, 5.41) is 0. The van der Waals surface area contributed by atoms with Gasteiger partial charge in [0.15, 0.2) is 0 Å². The van der Waals surface area contributed by atoms with Gasteiger partial charge < -0.3 is 14.5 Å². The van der Waals surface area contributed by atoms with Crippen LogP contribution in [0.15, 0.2) is 48.5 Å². The van der Waals surface area contributed by atoms with Crippen LogP contribution in [0, 0.1) is 5.92 Å². The van der Waals surface area contributed by atoms with Gasteiger partial charge in [-0.2, -0.15) is 0 Å². The lowest BCUT2D eigenvalue weighted by molar-refractivity contribution is -0.135. The van der Waals surface area contributed by atoms with E-state index in [1.54, 1.807) is 0 Å². The minimum atomic E-state index is -0.0198. The summed E-state index contributed by atoms with van der Waals surface area (Å²) in [6.45, 7) is 2.14. The number of rotatable bonds is 5. The average Bonchev–Trinajstić information content (AvgIpc) is 2.83. The number of nitrogens with zero attached hydrogens (tertiary/aromatic N) is 2. The van der Waals surface area contributed by atoms with Crippen molar-refractivity contribution in [2.45, 2.75) is 25.9 Å². The van der Waals surface area contributed by atoms with Crippen molar-refractivity contribution < 1.29 is 9.53 Å². The first-order valence-electron chi connectivity index (χ1n) is 9.21. The molecule has 1 heterocycles. The zero-order valence-electron chi connectivity index (χ0n) is 15.9. The Balaban J connectivity index is 1.66. The van der Waals surface area contributed by atoms with E-state index in [4.69, 9.17) is 4.74 Å². The van der Waals surface area contributed by atoms with E-state index in [0.29, 0.717) is 13.2 Å². The van der Waals surface area contributed by atoms with Gasteiger partial charge in [0.05, 0.1) is 6.61 Å². The first kappa shape index (κ1) is 18.5.